The van der Waals surface area contributed by atoms with Gasteiger partial charge in [-0.2, -0.15) is 0 Å². The summed E-state index contributed by atoms with van der Waals surface area (Å²) in [6.07, 6.45) is -0.487. The largest absolute Gasteiger partial charge is 0.497 e. The lowest BCUT2D eigenvalue weighted by Crippen LogP contribution is -2.60. The summed E-state index contributed by atoms with van der Waals surface area (Å²) in [6.45, 7) is 4.91. The molecule has 4 amide bonds. The minimum Gasteiger partial charge on any atom is -0.497 e. The molecule has 3 rings (SSSR count). The van der Waals surface area contributed by atoms with Crippen molar-refractivity contribution in [2.45, 2.75) is 19.4 Å². The maximum absolute atomic E-state index is 13.0. The number of nitrogens with one attached hydrogen (secondary N) is 2. The van der Waals surface area contributed by atoms with Crippen molar-refractivity contribution in [1.82, 2.24) is 20.0 Å². The van der Waals surface area contributed by atoms with Gasteiger partial charge in [-0.25, -0.2) is 4.79 Å². The predicted octanol–water partition coefficient (Wildman–Crippen LogP) is 0.125. The third kappa shape index (κ3) is 6.58. The molecule has 1 atom stereocenters. The minimum absolute atomic E-state index is 0.126. The van der Waals surface area contributed by atoms with Crippen molar-refractivity contribution in [2.75, 3.05) is 64.8 Å². The van der Waals surface area contributed by atoms with Crippen LogP contribution in [0.25, 0.3) is 0 Å². The quantitative estimate of drug-likeness (QED) is 0.592. The van der Waals surface area contributed by atoms with E-state index in [0.717, 1.165) is 0 Å². The minimum atomic E-state index is -0.870. The molecule has 2 heterocycles. The van der Waals surface area contributed by atoms with Crippen molar-refractivity contribution in [3.8, 4) is 5.75 Å². The van der Waals surface area contributed by atoms with Crippen LogP contribution in [0.2, 0.25) is 0 Å². The first-order valence-electron chi connectivity index (χ1n) is 11.1. The van der Waals surface area contributed by atoms with Crippen LogP contribution in [-0.4, -0.2) is 104 Å². The summed E-state index contributed by atoms with van der Waals surface area (Å²) in [5.74, 6) is -0.245. The summed E-state index contributed by atoms with van der Waals surface area (Å²) in [5, 5.41) is 5.49. The molecule has 0 aromatic heterocycles. The van der Waals surface area contributed by atoms with Gasteiger partial charge in [-0.3, -0.25) is 19.3 Å². The normalized spacial score (nSPS) is 19.0. The van der Waals surface area contributed by atoms with Gasteiger partial charge in [-0.05, 0) is 31.2 Å². The lowest BCUT2D eigenvalue weighted by molar-refractivity contribution is -0.145. The molecule has 180 valence electrons. The fourth-order valence-corrected chi connectivity index (χ4v) is 3.86. The molecule has 0 radical (unpaired) electrons. The summed E-state index contributed by atoms with van der Waals surface area (Å²) < 4.78 is 10.1. The first-order chi connectivity index (χ1) is 15.9. The van der Waals surface area contributed by atoms with Crippen LogP contribution in [0, 0.1) is 0 Å². The molecule has 2 N–H and O–H groups in total. The number of amides is 4. The Balaban J connectivity index is 1.54. The Labute approximate surface area is 193 Å². The Bertz CT molecular complexity index is 853. The van der Waals surface area contributed by atoms with Gasteiger partial charge in [0.05, 0.1) is 26.7 Å². The van der Waals surface area contributed by atoms with Crippen molar-refractivity contribution >= 4 is 29.5 Å². The summed E-state index contributed by atoms with van der Waals surface area (Å²) in [4.78, 5) is 54.9. The van der Waals surface area contributed by atoms with Gasteiger partial charge in [0, 0.05) is 45.0 Å². The Kier molecular flexibility index (Phi) is 8.47. The third-order valence-corrected chi connectivity index (χ3v) is 5.66. The zero-order valence-electron chi connectivity index (χ0n) is 19.0. The van der Waals surface area contributed by atoms with E-state index in [9.17, 15) is 19.2 Å². The molecule has 1 aromatic carbocycles. The average molecular weight is 462 g/mol. The highest BCUT2D eigenvalue weighted by Crippen LogP contribution is 2.17. The molecule has 0 bridgehead atoms. The highest BCUT2D eigenvalue weighted by molar-refractivity contribution is 5.97. The molecule has 1 aromatic rings. The van der Waals surface area contributed by atoms with Gasteiger partial charge in [-0.15, -0.1) is 0 Å². The van der Waals surface area contributed by atoms with E-state index in [1.807, 2.05) is 4.90 Å². The Morgan fingerprint density at radius 1 is 1.09 bits per heavy atom. The van der Waals surface area contributed by atoms with E-state index in [0.29, 0.717) is 57.3 Å². The fraction of sp³-hybridized carbons (Fsp3) is 0.545. The molecule has 11 heteroatoms. The van der Waals surface area contributed by atoms with E-state index in [-0.39, 0.29) is 36.8 Å². The maximum atomic E-state index is 13.0. The molecule has 2 saturated heterocycles. The fourth-order valence-electron chi connectivity index (χ4n) is 3.86. The standard InChI is InChI=1S/C22H31N5O6/c1-3-33-22(31)26-12-10-25(11-13-26)15-20(29)27-9-8-23-21(30)18(27)14-19(28)24-16-4-6-17(32-2)7-5-16/h4-7,18H,3,8-15H2,1-2H3,(H,23,30)(H,24,28)/t18-/m1/s1. The van der Waals surface area contributed by atoms with Gasteiger partial charge in [0.25, 0.3) is 0 Å². The van der Waals surface area contributed by atoms with Crippen molar-refractivity contribution in [1.29, 1.82) is 0 Å². The predicted molar refractivity (Wildman–Crippen MR) is 120 cm³/mol. The number of carbonyl (C=O) groups is 4. The molecule has 33 heavy (non-hydrogen) atoms. The van der Waals surface area contributed by atoms with Gasteiger partial charge >= 0.3 is 6.09 Å². The molecular formula is C22H31N5O6. The second-order valence-electron chi connectivity index (χ2n) is 7.84. The summed E-state index contributed by atoms with van der Waals surface area (Å²) >= 11 is 0. The average Bonchev–Trinajstić information content (AvgIpc) is 2.81. The van der Waals surface area contributed by atoms with Crippen molar-refractivity contribution in [3.05, 3.63) is 24.3 Å². The smallest absolute Gasteiger partial charge is 0.409 e. The number of hydrogen-bond donors (Lipinski definition) is 2. The number of benzene rings is 1. The number of nitrogens with zero attached hydrogens (tertiary/aromatic N) is 3. The second-order valence-corrected chi connectivity index (χ2v) is 7.84. The number of anilines is 1. The second kappa shape index (κ2) is 11.5. The summed E-state index contributed by atoms with van der Waals surface area (Å²) in [5.41, 5.74) is 0.578. The number of methoxy groups -OCH3 is 1. The number of carbonyl (C=O) groups excluding carboxylic acids is 4. The highest BCUT2D eigenvalue weighted by atomic mass is 16.6. The zero-order chi connectivity index (χ0) is 23.8. The van der Waals surface area contributed by atoms with Gasteiger partial charge in [0.2, 0.25) is 17.7 Å². The van der Waals surface area contributed by atoms with Crippen molar-refractivity contribution in [3.63, 3.8) is 0 Å². The number of rotatable bonds is 7. The zero-order valence-corrected chi connectivity index (χ0v) is 19.0. The Morgan fingerprint density at radius 2 is 1.79 bits per heavy atom. The first-order valence-corrected chi connectivity index (χ1v) is 11.1. The Morgan fingerprint density at radius 3 is 2.42 bits per heavy atom. The molecule has 2 aliphatic rings. The molecule has 11 nitrogen and oxygen atoms in total. The van der Waals surface area contributed by atoms with Crippen LogP contribution in [0.1, 0.15) is 13.3 Å². The summed E-state index contributed by atoms with van der Waals surface area (Å²) in [6, 6.07) is 5.99. The first kappa shape index (κ1) is 24.3. The van der Waals surface area contributed by atoms with Crippen molar-refractivity contribution in [2.24, 2.45) is 0 Å². The number of piperazine rings is 2. The van der Waals surface area contributed by atoms with E-state index in [1.54, 1.807) is 43.2 Å². The third-order valence-electron chi connectivity index (χ3n) is 5.66. The van der Waals surface area contributed by atoms with E-state index < -0.39 is 6.04 Å². The van der Waals surface area contributed by atoms with Crippen LogP contribution < -0.4 is 15.4 Å². The van der Waals surface area contributed by atoms with E-state index in [4.69, 9.17) is 9.47 Å². The van der Waals surface area contributed by atoms with Gasteiger partial charge in [-0.1, -0.05) is 0 Å². The SMILES string of the molecule is CCOC(=O)N1CCN(CC(=O)N2CCNC(=O)[C@H]2CC(=O)Nc2ccc(OC)cc2)CC1. The van der Waals surface area contributed by atoms with Crippen LogP contribution in [0.5, 0.6) is 5.75 Å². The van der Waals surface area contributed by atoms with Gasteiger partial charge in [0.1, 0.15) is 11.8 Å². The van der Waals surface area contributed by atoms with Gasteiger partial charge in [0.15, 0.2) is 0 Å². The monoisotopic (exact) mass is 461 g/mol. The molecule has 2 aliphatic heterocycles. The lowest BCUT2D eigenvalue weighted by Gasteiger charge is -2.38. The van der Waals surface area contributed by atoms with Crippen LogP contribution >= 0.6 is 0 Å². The topological polar surface area (TPSA) is 121 Å². The summed E-state index contributed by atoms with van der Waals surface area (Å²) in [7, 11) is 1.56. The van der Waals surface area contributed by atoms with Crippen LogP contribution in [-0.2, 0) is 19.1 Å². The van der Waals surface area contributed by atoms with E-state index in [2.05, 4.69) is 10.6 Å². The van der Waals surface area contributed by atoms with E-state index >= 15 is 0 Å². The molecule has 0 saturated carbocycles. The molecular weight excluding hydrogens is 430 g/mol. The van der Waals surface area contributed by atoms with E-state index in [1.165, 1.54) is 4.90 Å². The lowest BCUT2D eigenvalue weighted by atomic mass is 10.1. The molecule has 0 spiro atoms. The van der Waals surface area contributed by atoms with Crippen LogP contribution in [0.15, 0.2) is 24.3 Å². The number of ether oxygens (including phenoxy) is 2. The van der Waals surface area contributed by atoms with Crippen molar-refractivity contribution < 1.29 is 28.7 Å². The molecule has 2 fully saturated rings. The highest BCUT2D eigenvalue weighted by Gasteiger charge is 2.35. The molecule has 0 unspecified atom stereocenters. The van der Waals surface area contributed by atoms with Crippen LogP contribution in [0.4, 0.5) is 10.5 Å². The van der Waals surface area contributed by atoms with Crippen LogP contribution in [0.3, 0.4) is 0 Å². The van der Waals surface area contributed by atoms with Gasteiger partial charge < -0.3 is 29.9 Å². The maximum Gasteiger partial charge on any atom is 0.409 e. The Hall–Kier alpha value is -3.34. The number of hydrogen-bond acceptors (Lipinski definition) is 7. The molecule has 0 aliphatic carbocycles.